The van der Waals surface area contributed by atoms with Gasteiger partial charge in [-0.15, -0.1) is 10.2 Å². The van der Waals surface area contributed by atoms with E-state index >= 15 is 0 Å². The first kappa shape index (κ1) is 20.7. The second kappa shape index (κ2) is 8.08. The van der Waals surface area contributed by atoms with Crippen molar-refractivity contribution >= 4 is 5.91 Å². The molecule has 1 aliphatic heterocycles. The van der Waals surface area contributed by atoms with E-state index in [9.17, 15) is 4.79 Å². The van der Waals surface area contributed by atoms with Crippen LogP contribution in [0.25, 0.3) is 0 Å². The van der Waals surface area contributed by atoms with E-state index in [1.807, 2.05) is 6.33 Å². The number of rotatable bonds is 8. The third kappa shape index (κ3) is 3.71. The van der Waals surface area contributed by atoms with Crippen LogP contribution >= 0.6 is 0 Å². The van der Waals surface area contributed by atoms with E-state index in [4.69, 9.17) is 4.74 Å². The van der Waals surface area contributed by atoms with Gasteiger partial charge in [0.15, 0.2) is 0 Å². The van der Waals surface area contributed by atoms with Gasteiger partial charge in [-0.1, -0.05) is 6.42 Å². The van der Waals surface area contributed by atoms with Gasteiger partial charge in [-0.2, -0.15) is 0 Å². The molecule has 0 N–H and O–H groups in total. The van der Waals surface area contributed by atoms with Crippen LogP contribution < -0.4 is 0 Å². The maximum Gasteiger partial charge on any atom is 0.255 e. The van der Waals surface area contributed by atoms with Crippen LogP contribution in [0.1, 0.15) is 72.0 Å². The Hall–Kier alpha value is -2.15. The molecule has 1 saturated heterocycles. The zero-order valence-corrected chi connectivity index (χ0v) is 19.1. The average Bonchev–Trinajstić information content (AvgIpc) is 3.15. The lowest BCUT2D eigenvalue weighted by molar-refractivity contribution is 0.0722. The zero-order chi connectivity index (χ0) is 21.6. The molecular weight excluding hydrogens is 390 g/mol. The number of methoxy groups -OCH3 is 1. The molecule has 2 saturated carbocycles. The fourth-order valence-corrected chi connectivity index (χ4v) is 5.77. The highest BCUT2D eigenvalue weighted by Gasteiger charge is 2.54. The zero-order valence-electron chi connectivity index (χ0n) is 19.1. The minimum atomic E-state index is 0.174. The second-order valence-electron chi connectivity index (χ2n) is 10.0. The molecule has 5 rings (SSSR count). The molecule has 0 radical (unpaired) electrons. The first-order valence-corrected chi connectivity index (χ1v) is 11.8. The number of carbonyl (C=O) groups is 1. The van der Waals surface area contributed by atoms with Gasteiger partial charge in [0.2, 0.25) is 0 Å². The molecule has 7 nitrogen and oxygen atoms in total. The van der Waals surface area contributed by atoms with E-state index in [0.29, 0.717) is 5.92 Å². The van der Waals surface area contributed by atoms with Crippen molar-refractivity contribution < 1.29 is 9.53 Å². The summed E-state index contributed by atoms with van der Waals surface area (Å²) in [7, 11) is 1.73. The molecule has 1 unspecified atom stereocenters. The van der Waals surface area contributed by atoms with Gasteiger partial charge in [-0.25, -0.2) is 0 Å². The normalized spacial score (nSPS) is 22.3. The van der Waals surface area contributed by atoms with Gasteiger partial charge in [-0.3, -0.25) is 4.79 Å². The first-order chi connectivity index (χ1) is 15.0. The predicted octanol–water partition coefficient (Wildman–Crippen LogP) is 3.55. The SMILES string of the molecule is COCCCn1c(C)cc(C(=O)N2CC(c3nncn3CC3CC3)C3(CCC3)C2)c1C. The maximum absolute atomic E-state index is 13.6. The number of hydrogen-bond acceptors (Lipinski definition) is 4. The van der Waals surface area contributed by atoms with Crippen molar-refractivity contribution in [3.63, 3.8) is 0 Å². The second-order valence-corrected chi connectivity index (χ2v) is 10.0. The van der Waals surface area contributed by atoms with E-state index in [2.05, 4.69) is 44.1 Å². The summed E-state index contributed by atoms with van der Waals surface area (Å²) < 4.78 is 9.73. The summed E-state index contributed by atoms with van der Waals surface area (Å²) in [5.74, 6) is 2.37. The fraction of sp³-hybridized carbons (Fsp3) is 0.708. The van der Waals surface area contributed by atoms with E-state index in [1.54, 1.807) is 7.11 Å². The Morgan fingerprint density at radius 2 is 2.10 bits per heavy atom. The monoisotopic (exact) mass is 425 g/mol. The Bertz CT molecular complexity index is 953. The lowest BCUT2D eigenvalue weighted by Gasteiger charge is -2.42. The summed E-state index contributed by atoms with van der Waals surface area (Å²) in [4.78, 5) is 15.7. The molecule has 3 aliphatic rings. The Labute approximate surface area is 184 Å². The Morgan fingerprint density at radius 3 is 2.77 bits per heavy atom. The van der Waals surface area contributed by atoms with E-state index in [-0.39, 0.29) is 11.3 Å². The topological polar surface area (TPSA) is 65.2 Å². The maximum atomic E-state index is 13.6. The molecule has 7 heteroatoms. The van der Waals surface area contributed by atoms with E-state index in [1.165, 1.54) is 32.1 Å². The molecule has 1 atom stereocenters. The van der Waals surface area contributed by atoms with Gasteiger partial charge in [-0.05, 0) is 63.4 Å². The van der Waals surface area contributed by atoms with Crippen molar-refractivity contribution in [1.82, 2.24) is 24.2 Å². The number of likely N-dealkylation sites (tertiary alicyclic amines) is 1. The minimum absolute atomic E-state index is 0.174. The van der Waals surface area contributed by atoms with Crippen molar-refractivity contribution in [1.29, 1.82) is 0 Å². The highest BCUT2D eigenvalue weighted by Crippen LogP contribution is 2.55. The van der Waals surface area contributed by atoms with Crippen LogP contribution in [0.4, 0.5) is 0 Å². The smallest absolute Gasteiger partial charge is 0.255 e. The number of aryl methyl sites for hydroxylation is 1. The Balaban J connectivity index is 1.36. The quantitative estimate of drug-likeness (QED) is 0.607. The van der Waals surface area contributed by atoms with Gasteiger partial charge in [0.1, 0.15) is 12.2 Å². The van der Waals surface area contributed by atoms with E-state index < -0.39 is 0 Å². The van der Waals surface area contributed by atoms with Crippen molar-refractivity contribution in [3.05, 3.63) is 35.2 Å². The van der Waals surface area contributed by atoms with Crippen molar-refractivity contribution in [2.45, 2.75) is 71.4 Å². The van der Waals surface area contributed by atoms with Gasteiger partial charge in [0.05, 0.1) is 5.56 Å². The third-order valence-electron chi connectivity index (χ3n) is 7.93. The van der Waals surface area contributed by atoms with Crippen molar-refractivity contribution in [3.8, 4) is 0 Å². The number of carbonyl (C=O) groups excluding carboxylic acids is 1. The van der Waals surface area contributed by atoms with Crippen molar-refractivity contribution in [2.75, 3.05) is 26.8 Å². The highest BCUT2D eigenvalue weighted by atomic mass is 16.5. The number of aromatic nitrogens is 4. The molecule has 2 aliphatic carbocycles. The Morgan fingerprint density at radius 1 is 1.29 bits per heavy atom. The van der Waals surface area contributed by atoms with Gasteiger partial charge >= 0.3 is 0 Å². The summed E-state index contributed by atoms with van der Waals surface area (Å²) in [6.07, 6.45) is 9.12. The third-order valence-corrected chi connectivity index (χ3v) is 7.93. The summed E-state index contributed by atoms with van der Waals surface area (Å²) in [6.45, 7) is 8.43. The summed E-state index contributed by atoms with van der Waals surface area (Å²) in [6, 6.07) is 2.07. The molecule has 0 bridgehead atoms. The molecule has 31 heavy (non-hydrogen) atoms. The van der Waals surface area contributed by atoms with E-state index in [0.717, 1.165) is 67.9 Å². The number of nitrogens with zero attached hydrogens (tertiary/aromatic N) is 5. The molecule has 1 spiro atoms. The average molecular weight is 426 g/mol. The number of amides is 1. The van der Waals surface area contributed by atoms with Gasteiger partial charge in [0.25, 0.3) is 5.91 Å². The standard InChI is InChI=1S/C24H35N5O2/c1-17-12-20(18(2)29(17)10-5-11-31-3)23(30)27-14-21(24(15-27)8-4-9-24)22-26-25-16-28(22)13-19-6-7-19/h12,16,19,21H,4-11,13-15H2,1-3H3. The van der Waals surface area contributed by atoms with Gasteiger partial charge in [0, 0.05) is 57.2 Å². The molecule has 2 aromatic heterocycles. The van der Waals surface area contributed by atoms with Crippen LogP contribution in [-0.4, -0.2) is 56.9 Å². The number of hydrogen-bond donors (Lipinski definition) is 0. The van der Waals surface area contributed by atoms with Crippen LogP contribution in [-0.2, 0) is 17.8 Å². The first-order valence-electron chi connectivity index (χ1n) is 11.8. The molecule has 168 valence electrons. The lowest BCUT2D eigenvalue weighted by atomic mass is 9.62. The minimum Gasteiger partial charge on any atom is -0.385 e. The van der Waals surface area contributed by atoms with Crippen molar-refractivity contribution in [2.24, 2.45) is 11.3 Å². The summed E-state index contributed by atoms with van der Waals surface area (Å²) in [5.41, 5.74) is 3.26. The van der Waals surface area contributed by atoms with Crippen LogP contribution in [0.2, 0.25) is 0 Å². The van der Waals surface area contributed by atoms with Crippen LogP contribution in [0.3, 0.4) is 0 Å². The fourth-order valence-electron chi connectivity index (χ4n) is 5.77. The lowest BCUT2D eigenvalue weighted by Crippen LogP contribution is -2.38. The molecule has 3 heterocycles. The van der Waals surface area contributed by atoms with Crippen LogP contribution in [0, 0.1) is 25.2 Å². The number of ether oxygens (including phenoxy) is 1. The largest absolute Gasteiger partial charge is 0.385 e. The molecular formula is C24H35N5O2. The molecule has 2 aromatic rings. The Kier molecular flexibility index (Phi) is 5.40. The van der Waals surface area contributed by atoms with Crippen LogP contribution in [0.15, 0.2) is 12.4 Å². The van der Waals surface area contributed by atoms with Gasteiger partial charge < -0.3 is 18.8 Å². The predicted molar refractivity (Wildman–Crippen MR) is 118 cm³/mol. The summed E-state index contributed by atoms with van der Waals surface area (Å²) >= 11 is 0. The van der Waals surface area contributed by atoms with Crippen LogP contribution in [0.5, 0.6) is 0 Å². The molecule has 1 amide bonds. The highest BCUT2D eigenvalue weighted by molar-refractivity contribution is 5.96. The molecule has 3 fully saturated rings. The molecule has 0 aromatic carbocycles. The summed E-state index contributed by atoms with van der Waals surface area (Å²) in [5, 5.41) is 8.82.